The molecule has 1 fully saturated rings. The summed E-state index contributed by atoms with van der Waals surface area (Å²) in [5.74, 6) is 0.358. The highest BCUT2D eigenvalue weighted by Gasteiger charge is 2.22. The molecule has 1 atom stereocenters. The molecule has 1 aliphatic rings. The van der Waals surface area contributed by atoms with Crippen LogP contribution in [0.1, 0.15) is 44.2 Å². The second-order valence-corrected chi connectivity index (χ2v) is 9.55. The van der Waals surface area contributed by atoms with Gasteiger partial charge in [-0.1, -0.05) is 17.7 Å². The van der Waals surface area contributed by atoms with Gasteiger partial charge in [-0.05, 0) is 64.6 Å². The van der Waals surface area contributed by atoms with Gasteiger partial charge in [0, 0.05) is 32.1 Å². The van der Waals surface area contributed by atoms with E-state index in [0.29, 0.717) is 24.1 Å². The summed E-state index contributed by atoms with van der Waals surface area (Å²) in [6.45, 7) is 11.0. The zero-order valence-corrected chi connectivity index (χ0v) is 17.7. The fourth-order valence-electron chi connectivity index (χ4n) is 3.56. The zero-order valence-electron chi connectivity index (χ0n) is 16.9. The van der Waals surface area contributed by atoms with Crippen molar-refractivity contribution in [2.45, 2.75) is 57.9 Å². The molecular formula is C20H33N3O3S. The molecule has 7 heteroatoms. The van der Waals surface area contributed by atoms with Crippen molar-refractivity contribution >= 4 is 15.9 Å². The Bertz CT molecular complexity index is 747. The lowest BCUT2D eigenvalue weighted by Gasteiger charge is -2.35. The fourth-order valence-corrected chi connectivity index (χ4v) is 4.81. The minimum absolute atomic E-state index is 0.101. The lowest BCUT2D eigenvalue weighted by atomic mass is 9.97. The van der Waals surface area contributed by atoms with Crippen LogP contribution in [0.3, 0.4) is 0 Å². The number of amides is 1. The number of nitrogens with zero attached hydrogens (tertiary/aromatic N) is 1. The van der Waals surface area contributed by atoms with Crippen molar-refractivity contribution in [3.8, 4) is 0 Å². The van der Waals surface area contributed by atoms with Crippen LogP contribution in [0.25, 0.3) is 0 Å². The highest BCUT2D eigenvalue weighted by molar-refractivity contribution is 7.89. The zero-order chi connectivity index (χ0) is 20.0. The number of sulfonamides is 1. The topological polar surface area (TPSA) is 78.5 Å². The number of hydrogen-bond donors (Lipinski definition) is 2. The van der Waals surface area contributed by atoms with E-state index in [1.807, 2.05) is 13.0 Å². The standard InChI is InChI=1S/C20H33N3O3S/c1-15(2)23-11-5-6-18(14-23)13-21-20(24)9-10-22-27(25,26)19-8-7-16(3)12-17(19)4/h7-8,12,15,18,22H,5-6,9-11,13-14H2,1-4H3,(H,21,24). The first-order valence-corrected chi connectivity index (χ1v) is 11.2. The second-order valence-electron chi connectivity index (χ2n) is 7.82. The van der Waals surface area contributed by atoms with Gasteiger partial charge in [-0.25, -0.2) is 13.1 Å². The van der Waals surface area contributed by atoms with Gasteiger partial charge in [0.15, 0.2) is 0 Å². The van der Waals surface area contributed by atoms with Crippen LogP contribution in [0.4, 0.5) is 0 Å². The van der Waals surface area contributed by atoms with E-state index in [4.69, 9.17) is 0 Å². The molecule has 1 saturated heterocycles. The molecule has 0 spiro atoms. The van der Waals surface area contributed by atoms with Crippen LogP contribution >= 0.6 is 0 Å². The van der Waals surface area contributed by atoms with Gasteiger partial charge in [0.25, 0.3) is 0 Å². The number of nitrogens with one attached hydrogen (secondary N) is 2. The largest absolute Gasteiger partial charge is 0.356 e. The molecule has 1 aromatic rings. The molecule has 6 nitrogen and oxygen atoms in total. The van der Waals surface area contributed by atoms with Crippen LogP contribution in [0, 0.1) is 19.8 Å². The molecule has 1 unspecified atom stereocenters. The van der Waals surface area contributed by atoms with Gasteiger partial charge in [-0.15, -0.1) is 0 Å². The van der Waals surface area contributed by atoms with E-state index < -0.39 is 10.0 Å². The molecule has 1 heterocycles. The molecule has 0 bridgehead atoms. The monoisotopic (exact) mass is 395 g/mol. The van der Waals surface area contributed by atoms with Gasteiger partial charge in [0.2, 0.25) is 15.9 Å². The fraction of sp³-hybridized carbons (Fsp3) is 0.650. The maximum Gasteiger partial charge on any atom is 0.240 e. The molecule has 152 valence electrons. The summed E-state index contributed by atoms with van der Waals surface area (Å²) in [6, 6.07) is 5.75. The molecule has 1 aliphatic heterocycles. The first-order valence-electron chi connectivity index (χ1n) is 9.76. The summed E-state index contributed by atoms with van der Waals surface area (Å²) in [6.07, 6.45) is 2.43. The van der Waals surface area contributed by atoms with E-state index in [1.54, 1.807) is 19.1 Å². The predicted octanol–water partition coefficient (Wildman–Crippen LogP) is 2.21. The van der Waals surface area contributed by atoms with Crippen molar-refractivity contribution < 1.29 is 13.2 Å². The van der Waals surface area contributed by atoms with E-state index in [2.05, 4.69) is 28.8 Å². The Labute approximate surface area is 163 Å². The van der Waals surface area contributed by atoms with Gasteiger partial charge in [0.05, 0.1) is 4.90 Å². The van der Waals surface area contributed by atoms with Gasteiger partial charge >= 0.3 is 0 Å². The minimum atomic E-state index is -3.59. The van der Waals surface area contributed by atoms with Gasteiger partial charge in [-0.2, -0.15) is 0 Å². The van der Waals surface area contributed by atoms with Crippen molar-refractivity contribution in [2.24, 2.45) is 5.92 Å². The van der Waals surface area contributed by atoms with Crippen LogP contribution in [0.5, 0.6) is 0 Å². The Morgan fingerprint density at radius 1 is 1.30 bits per heavy atom. The Kier molecular flexibility index (Phi) is 7.82. The molecule has 1 amide bonds. The summed E-state index contributed by atoms with van der Waals surface area (Å²) in [7, 11) is -3.59. The SMILES string of the molecule is Cc1ccc(S(=O)(=O)NCCC(=O)NCC2CCCN(C(C)C)C2)c(C)c1. The first kappa shape index (κ1) is 21.9. The summed E-state index contributed by atoms with van der Waals surface area (Å²) in [5.41, 5.74) is 1.73. The molecule has 0 aromatic heterocycles. The van der Waals surface area contributed by atoms with Crippen molar-refractivity contribution in [3.63, 3.8) is 0 Å². The van der Waals surface area contributed by atoms with E-state index >= 15 is 0 Å². The third-order valence-electron chi connectivity index (χ3n) is 5.13. The lowest BCUT2D eigenvalue weighted by Crippen LogP contribution is -2.44. The van der Waals surface area contributed by atoms with Gasteiger partial charge in [-0.3, -0.25) is 4.79 Å². The number of rotatable bonds is 8. The molecule has 2 rings (SSSR count). The molecule has 27 heavy (non-hydrogen) atoms. The third-order valence-corrected chi connectivity index (χ3v) is 6.75. The van der Waals surface area contributed by atoms with Crippen LogP contribution in [-0.2, 0) is 14.8 Å². The summed E-state index contributed by atoms with van der Waals surface area (Å²) >= 11 is 0. The highest BCUT2D eigenvalue weighted by atomic mass is 32.2. The Balaban J connectivity index is 1.75. The Hall–Kier alpha value is -1.44. The van der Waals surface area contributed by atoms with Gasteiger partial charge in [0.1, 0.15) is 0 Å². The van der Waals surface area contributed by atoms with Crippen LogP contribution < -0.4 is 10.0 Å². The van der Waals surface area contributed by atoms with Crippen LogP contribution in [-0.4, -0.2) is 51.4 Å². The second kappa shape index (κ2) is 9.66. The van der Waals surface area contributed by atoms with Crippen LogP contribution in [0.15, 0.2) is 23.1 Å². The highest BCUT2D eigenvalue weighted by Crippen LogP contribution is 2.18. The molecule has 0 radical (unpaired) electrons. The number of benzene rings is 1. The predicted molar refractivity (Wildman–Crippen MR) is 108 cm³/mol. The normalized spacial score (nSPS) is 18.6. The van der Waals surface area contributed by atoms with Gasteiger partial charge < -0.3 is 10.2 Å². The smallest absolute Gasteiger partial charge is 0.240 e. The van der Waals surface area contributed by atoms with E-state index in [1.165, 1.54) is 0 Å². The Morgan fingerprint density at radius 3 is 2.70 bits per heavy atom. The molecular weight excluding hydrogens is 362 g/mol. The van der Waals surface area contributed by atoms with E-state index in [-0.39, 0.29) is 23.8 Å². The number of carbonyl (C=O) groups is 1. The lowest BCUT2D eigenvalue weighted by molar-refractivity contribution is -0.121. The van der Waals surface area contributed by atoms with E-state index in [9.17, 15) is 13.2 Å². The average Bonchev–Trinajstić information content (AvgIpc) is 2.59. The Morgan fingerprint density at radius 2 is 2.04 bits per heavy atom. The molecule has 0 saturated carbocycles. The third kappa shape index (κ3) is 6.59. The number of aryl methyl sites for hydroxylation is 2. The van der Waals surface area contributed by atoms with Crippen molar-refractivity contribution in [1.82, 2.24) is 14.9 Å². The number of likely N-dealkylation sites (tertiary alicyclic amines) is 1. The average molecular weight is 396 g/mol. The molecule has 1 aromatic carbocycles. The van der Waals surface area contributed by atoms with Crippen molar-refractivity contribution in [3.05, 3.63) is 29.3 Å². The minimum Gasteiger partial charge on any atom is -0.356 e. The maximum absolute atomic E-state index is 12.4. The number of piperidine rings is 1. The molecule has 0 aliphatic carbocycles. The van der Waals surface area contributed by atoms with Crippen molar-refractivity contribution in [2.75, 3.05) is 26.2 Å². The van der Waals surface area contributed by atoms with E-state index in [0.717, 1.165) is 31.5 Å². The maximum atomic E-state index is 12.4. The summed E-state index contributed by atoms with van der Waals surface area (Å²) < 4.78 is 27.3. The summed E-state index contributed by atoms with van der Waals surface area (Å²) in [5, 5.41) is 2.96. The van der Waals surface area contributed by atoms with Crippen molar-refractivity contribution in [1.29, 1.82) is 0 Å². The molecule has 2 N–H and O–H groups in total. The number of carbonyl (C=O) groups excluding carboxylic acids is 1. The number of hydrogen-bond acceptors (Lipinski definition) is 4. The van der Waals surface area contributed by atoms with Crippen LogP contribution in [0.2, 0.25) is 0 Å². The first-order chi connectivity index (χ1) is 12.7. The quantitative estimate of drug-likeness (QED) is 0.707. The summed E-state index contributed by atoms with van der Waals surface area (Å²) in [4.78, 5) is 14.8.